The second-order valence-corrected chi connectivity index (χ2v) is 4.32. The van der Waals surface area contributed by atoms with Crippen LogP contribution in [0.25, 0.3) is 0 Å². The molecule has 0 radical (unpaired) electrons. The summed E-state index contributed by atoms with van der Waals surface area (Å²) >= 11 is 0. The van der Waals surface area contributed by atoms with Gasteiger partial charge in [0.05, 0.1) is 0 Å². The maximum Gasteiger partial charge on any atom is 0.139 e. The summed E-state index contributed by atoms with van der Waals surface area (Å²) in [6, 6.07) is 0. The molecule has 0 bridgehead atoms. The molecular formula is C12H18O2. The lowest BCUT2D eigenvalue weighted by Crippen LogP contribution is -2.32. The lowest BCUT2D eigenvalue weighted by atomic mass is 9.76. The summed E-state index contributed by atoms with van der Waals surface area (Å²) in [5, 5.41) is 0. The van der Waals surface area contributed by atoms with E-state index in [1.54, 1.807) is 6.92 Å². The second-order valence-electron chi connectivity index (χ2n) is 4.32. The van der Waals surface area contributed by atoms with Crippen LogP contribution in [0, 0.1) is 17.8 Å². The zero-order chi connectivity index (χ0) is 10.7. The molecule has 0 fully saturated rings. The molecule has 1 aliphatic carbocycles. The van der Waals surface area contributed by atoms with Gasteiger partial charge in [-0.15, -0.1) is 0 Å². The van der Waals surface area contributed by atoms with Crippen molar-refractivity contribution in [3.05, 3.63) is 12.2 Å². The van der Waals surface area contributed by atoms with Crippen LogP contribution in [0.1, 0.15) is 33.6 Å². The highest BCUT2D eigenvalue weighted by atomic mass is 16.1. The van der Waals surface area contributed by atoms with E-state index in [2.05, 4.69) is 0 Å². The first kappa shape index (κ1) is 11.2. The molecule has 0 aliphatic heterocycles. The van der Waals surface area contributed by atoms with Gasteiger partial charge in [-0.1, -0.05) is 26.0 Å². The minimum Gasteiger partial charge on any atom is -0.300 e. The molecule has 0 heterocycles. The molecule has 0 spiro atoms. The van der Waals surface area contributed by atoms with Crippen molar-refractivity contribution in [2.75, 3.05) is 0 Å². The van der Waals surface area contributed by atoms with Crippen LogP contribution in [0.5, 0.6) is 0 Å². The SMILES string of the molecule is CC(=O)C1CC=CCC1C(=O)C(C)C. The van der Waals surface area contributed by atoms with E-state index in [-0.39, 0.29) is 29.3 Å². The molecule has 1 rings (SSSR count). The molecule has 1 aliphatic rings. The number of carbonyl (C=O) groups is 2. The first-order chi connectivity index (χ1) is 6.54. The number of carbonyl (C=O) groups excluding carboxylic acids is 2. The average molecular weight is 194 g/mol. The summed E-state index contributed by atoms with van der Waals surface area (Å²) in [5.74, 6) is 0.267. The minimum absolute atomic E-state index is 0.0355. The zero-order valence-corrected chi connectivity index (χ0v) is 9.12. The maximum atomic E-state index is 11.8. The molecule has 0 aromatic carbocycles. The Morgan fingerprint density at radius 2 is 1.64 bits per heavy atom. The summed E-state index contributed by atoms with van der Waals surface area (Å²) in [5.41, 5.74) is 0. The van der Waals surface area contributed by atoms with Gasteiger partial charge in [0.1, 0.15) is 11.6 Å². The van der Waals surface area contributed by atoms with Crippen molar-refractivity contribution in [2.24, 2.45) is 17.8 Å². The molecule has 2 atom stereocenters. The summed E-state index contributed by atoms with van der Waals surface area (Å²) in [4.78, 5) is 23.2. The molecule has 0 N–H and O–H groups in total. The third-order valence-electron chi connectivity index (χ3n) is 2.89. The predicted octanol–water partition coefficient (Wildman–Crippen LogP) is 2.38. The smallest absolute Gasteiger partial charge is 0.139 e. The van der Waals surface area contributed by atoms with E-state index in [1.165, 1.54) is 0 Å². The normalized spacial score (nSPS) is 26.6. The van der Waals surface area contributed by atoms with Crippen LogP contribution in [0.2, 0.25) is 0 Å². The largest absolute Gasteiger partial charge is 0.300 e. The van der Waals surface area contributed by atoms with Crippen molar-refractivity contribution < 1.29 is 9.59 Å². The van der Waals surface area contributed by atoms with Crippen LogP contribution in [-0.4, -0.2) is 11.6 Å². The topological polar surface area (TPSA) is 34.1 Å². The van der Waals surface area contributed by atoms with Crippen LogP contribution < -0.4 is 0 Å². The molecule has 0 saturated heterocycles. The Morgan fingerprint density at radius 3 is 2.07 bits per heavy atom. The first-order valence-electron chi connectivity index (χ1n) is 5.23. The third kappa shape index (κ3) is 2.31. The molecule has 0 saturated carbocycles. The molecular weight excluding hydrogens is 176 g/mol. The van der Waals surface area contributed by atoms with Gasteiger partial charge in [0.25, 0.3) is 0 Å². The average Bonchev–Trinajstić information content (AvgIpc) is 2.16. The fourth-order valence-corrected chi connectivity index (χ4v) is 2.01. The van der Waals surface area contributed by atoms with Crippen molar-refractivity contribution in [1.29, 1.82) is 0 Å². The van der Waals surface area contributed by atoms with E-state index in [0.29, 0.717) is 0 Å². The van der Waals surface area contributed by atoms with Gasteiger partial charge in [0, 0.05) is 17.8 Å². The van der Waals surface area contributed by atoms with Gasteiger partial charge >= 0.3 is 0 Å². The number of rotatable bonds is 3. The van der Waals surface area contributed by atoms with Gasteiger partial charge in [-0.05, 0) is 19.8 Å². The number of ketones is 2. The van der Waals surface area contributed by atoms with Crippen molar-refractivity contribution >= 4 is 11.6 Å². The van der Waals surface area contributed by atoms with E-state index in [4.69, 9.17) is 0 Å². The molecule has 78 valence electrons. The fourth-order valence-electron chi connectivity index (χ4n) is 2.01. The van der Waals surface area contributed by atoms with Crippen molar-refractivity contribution in [2.45, 2.75) is 33.6 Å². The maximum absolute atomic E-state index is 11.8. The summed E-state index contributed by atoms with van der Waals surface area (Å²) < 4.78 is 0. The second kappa shape index (κ2) is 4.54. The Bertz CT molecular complexity index is 263. The Kier molecular flexibility index (Phi) is 3.62. The van der Waals surface area contributed by atoms with E-state index in [9.17, 15) is 9.59 Å². The number of Topliss-reactive ketones (excluding diaryl/α,β-unsaturated/α-hetero) is 2. The van der Waals surface area contributed by atoms with Crippen molar-refractivity contribution in [1.82, 2.24) is 0 Å². The molecule has 2 unspecified atom stereocenters. The quantitative estimate of drug-likeness (QED) is 0.646. The Morgan fingerprint density at radius 1 is 1.14 bits per heavy atom. The molecule has 2 nitrogen and oxygen atoms in total. The van der Waals surface area contributed by atoms with Crippen LogP contribution >= 0.6 is 0 Å². The van der Waals surface area contributed by atoms with Gasteiger partial charge in [0.15, 0.2) is 0 Å². The summed E-state index contributed by atoms with van der Waals surface area (Å²) in [6.07, 6.45) is 5.50. The Labute approximate surface area is 85.4 Å². The predicted molar refractivity (Wildman–Crippen MR) is 55.9 cm³/mol. The fraction of sp³-hybridized carbons (Fsp3) is 0.667. The monoisotopic (exact) mass is 194 g/mol. The highest BCUT2D eigenvalue weighted by molar-refractivity contribution is 5.90. The third-order valence-corrected chi connectivity index (χ3v) is 2.89. The Hall–Kier alpha value is -0.920. The summed E-state index contributed by atoms with van der Waals surface area (Å²) in [7, 11) is 0. The molecule has 0 aromatic rings. The molecule has 0 amide bonds. The minimum atomic E-state index is -0.0742. The van der Waals surface area contributed by atoms with Gasteiger partial charge < -0.3 is 0 Å². The van der Waals surface area contributed by atoms with Crippen molar-refractivity contribution in [3.63, 3.8) is 0 Å². The highest BCUT2D eigenvalue weighted by Gasteiger charge is 2.32. The van der Waals surface area contributed by atoms with Crippen molar-refractivity contribution in [3.8, 4) is 0 Å². The number of hydrogen-bond acceptors (Lipinski definition) is 2. The van der Waals surface area contributed by atoms with E-state index in [1.807, 2.05) is 26.0 Å². The lowest BCUT2D eigenvalue weighted by molar-refractivity contribution is -0.133. The number of allylic oxidation sites excluding steroid dienone is 2. The van der Waals surface area contributed by atoms with E-state index in [0.717, 1.165) is 12.8 Å². The van der Waals surface area contributed by atoms with Crippen LogP contribution in [0.4, 0.5) is 0 Å². The lowest BCUT2D eigenvalue weighted by Gasteiger charge is -2.26. The standard InChI is InChI=1S/C12H18O2/c1-8(2)12(14)11-7-5-4-6-10(11)9(3)13/h4-5,8,10-11H,6-7H2,1-3H3. The summed E-state index contributed by atoms with van der Waals surface area (Å²) in [6.45, 7) is 5.39. The van der Waals surface area contributed by atoms with Gasteiger partial charge in [-0.2, -0.15) is 0 Å². The van der Waals surface area contributed by atoms with Gasteiger partial charge in [0.2, 0.25) is 0 Å². The van der Waals surface area contributed by atoms with Gasteiger partial charge in [-0.3, -0.25) is 9.59 Å². The first-order valence-corrected chi connectivity index (χ1v) is 5.23. The molecule has 2 heteroatoms. The number of hydrogen-bond donors (Lipinski definition) is 0. The van der Waals surface area contributed by atoms with Crippen LogP contribution in [0.15, 0.2) is 12.2 Å². The molecule has 0 aromatic heterocycles. The van der Waals surface area contributed by atoms with Crippen LogP contribution in [0.3, 0.4) is 0 Å². The Balaban J connectivity index is 2.79. The zero-order valence-electron chi connectivity index (χ0n) is 9.12. The van der Waals surface area contributed by atoms with E-state index >= 15 is 0 Å². The molecule has 14 heavy (non-hydrogen) atoms. The van der Waals surface area contributed by atoms with E-state index < -0.39 is 0 Å². The highest BCUT2D eigenvalue weighted by Crippen LogP contribution is 2.29. The van der Waals surface area contributed by atoms with Gasteiger partial charge in [-0.25, -0.2) is 0 Å². The van der Waals surface area contributed by atoms with Crippen LogP contribution in [-0.2, 0) is 9.59 Å².